The van der Waals surface area contributed by atoms with Crippen LogP contribution in [0.3, 0.4) is 0 Å². The first-order valence-corrected chi connectivity index (χ1v) is 8.20. The van der Waals surface area contributed by atoms with Gasteiger partial charge in [0.2, 0.25) is 0 Å². The molecule has 2 aromatic heterocycles. The summed E-state index contributed by atoms with van der Waals surface area (Å²) in [6.07, 6.45) is 2.51. The topological polar surface area (TPSA) is 41.7 Å². The fraction of sp³-hybridized carbons (Fsp3) is 0.0455. The number of carboxylic acid groups (broad SMARTS) is 1. The summed E-state index contributed by atoms with van der Waals surface area (Å²) >= 11 is 0. The maximum absolute atomic E-state index is 12.1. The van der Waals surface area contributed by atoms with Gasteiger partial charge in [0, 0.05) is 12.6 Å². The van der Waals surface area contributed by atoms with Crippen molar-refractivity contribution in [3.8, 4) is 11.3 Å². The van der Waals surface area contributed by atoms with E-state index < -0.39 is 5.97 Å². The molecule has 0 radical (unpaired) electrons. The summed E-state index contributed by atoms with van der Waals surface area (Å²) in [6.45, 7) is 0. The standard InChI is InChI=1S/C22H17NO2/c24-22(25)20-18(15-16-9-3-1-4-10-16)21(17-11-5-2-6-12-17)23-14-8-7-13-19(20)23/h1-14H,15H2,(H,24,25). The third-order valence-electron chi connectivity index (χ3n) is 4.43. The average molecular weight is 327 g/mol. The van der Waals surface area contributed by atoms with Gasteiger partial charge in [0.1, 0.15) is 0 Å². The Hall–Kier alpha value is -3.33. The number of fused-ring (bicyclic) bond motifs is 1. The second kappa shape index (κ2) is 6.29. The molecular weight excluding hydrogens is 310 g/mol. The number of carboxylic acids is 1. The lowest BCUT2D eigenvalue weighted by atomic mass is 9.97. The Bertz CT molecular complexity index is 1030. The molecule has 1 N–H and O–H groups in total. The molecule has 122 valence electrons. The number of pyridine rings is 1. The highest BCUT2D eigenvalue weighted by Crippen LogP contribution is 2.33. The lowest BCUT2D eigenvalue weighted by molar-refractivity contribution is 0.0698. The highest BCUT2D eigenvalue weighted by atomic mass is 16.4. The third kappa shape index (κ3) is 2.70. The van der Waals surface area contributed by atoms with Crippen LogP contribution in [0.5, 0.6) is 0 Å². The second-order valence-electron chi connectivity index (χ2n) is 5.99. The van der Waals surface area contributed by atoms with E-state index in [1.807, 2.05) is 89.5 Å². The van der Waals surface area contributed by atoms with Crippen molar-refractivity contribution in [3.63, 3.8) is 0 Å². The predicted octanol–water partition coefficient (Wildman–Crippen LogP) is 4.90. The minimum Gasteiger partial charge on any atom is -0.478 e. The highest BCUT2D eigenvalue weighted by Gasteiger charge is 2.23. The molecule has 2 aromatic carbocycles. The van der Waals surface area contributed by atoms with Crippen LogP contribution in [-0.4, -0.2) is 15.5 Å². The van der Waals surface area contributed by atoms with Crippen molar-refractivity contribution in [1.29, 1.82) is 0 Å². The van der Waals surface area contributed by atoms with Crippen LogP contribution in [-0.2, 0) is 6.42 Å². The van der Waals surface area contributed by atoms with Crippen molar-refractivity contribution in [1.82, 2.24) is 4.40 Å². The number of hydrogen-bond acceptors (Lipinski definition) is 1. The molecule has 0 aliphatic heterocycles. The molecule has 0 unspecified atom stereocenters. The van der Waals surface area contributed by atoms with Gasteiger partial charge in [-0.2, -0.15) is 0 Å². The molecule has 0 fully saturated rings. The molecular formula is C22H17NO2. The molecule has 0 amide bonds. The zero-order valence-corrected chi connectivity index (χ0v) is 13.6. The fourth-order valence-electron chi connectivity index (χ4n) is 3.38. The van der Waals surface area contributed by atoms with Crippen LogP contribution in [0.2, 0.25) is 0 Å². The van der Waals surface area contributed by atoms with Crippen molar-refractivity contribution in [2.75, 3.05) is 0 Å². The number of carbonyl (C=O) groups is 1. The molecule has 0 saturated carbocycles. The number of aromatic nitrogens is 1. The smallest absolute Gasteiger partial charge is 0.338 e. The zero-order valence-electron chi connectivity index (χ0n) is 13.6. The van der Waals surface area contributed by atoms with Crippen LogP contribution in [0.15, 0.2) is 85.1 Å². The molecule has 0 spiro atoms. The summed E-state index contributed by atoms with van der Waals surface area (Å²) in [5.41, 5.74) is 5.00. The number of nitrogens with zero attached hydrogens (tertiary/aromatic N) is 1. The average Bonchev–Trinajstić information content (AvgIpc) is 2.97. The van der Waals surface area contributed by atoms with Gasteiger partial charge in [0.15, 0.2) is 0 Å². The van der Waals surface area contributed by atoms with E-state index in [0.717, 1.165) is 27.9 Å². The van der Waals surface area contributed by atoms with E-state index in [1.165, 1.54) is 0 Å². The van der Waals surface area contributed by atoms with E-state index in [4.69, 9.17) is 0 Å². The second-order valence-corrected chi connectivity index (χ2v) is 5.99. The summed E-state index contributed by atoms with van der Waals surface area (Å²) in [7, 11) is 0. The number of aromatic carboxylic acids is 1. The Morgan fingerprint density at radius 3 is 2.16 bits per heavy atom. The maximum Gasteiger partial charge on any atom is 0.338 e. The zero-order chi connectivity index (χ0) is 17.2. The van der Waals surface area contributed by atoms with Gasteiger partial charge in [-0.3, -0.25) is 0 Å². The third-order valence-corrected chi connectivity index (χ3v) is 4.43. The molecule has 4 aromatic rings. The lowest BCUT2D eigenvalue weighted by Gasteiger charge is -2.08. The normalized spacial score (nSPS) is 10.9. The van der Waals surface area contributed by atoms with E-state index in [-0.39, 0.29) is 0 Å². The van der Waals surface area contributed by atoms with Gasteiger partial charge in [0.05, 0.1) is 16.8 Å². The van der Waals surface area contributed by atoms with Gasteiger partial charge in [-0.25, -0.2) is 4.79 Å². The van der Waals surface area contributed by atoms with Gasteiger partial charge in [-0.15, -0.1) is 0 Å². The molecule has 0 aliphatic carbocycles. The van der Waals surface area contributed by atoms with Crippen molar-refractivity contribution in [2.45, 2.75) is 6.42 Å². The van der Waals surface area contributed by atoms with Crippen molar-refractivity contribution < 1.29 is 9.90 Å². The Labute approximate surface area is 145 Å². The molecule has 0 aliphatic rings. The Morgan fingerprint density at radius 1 is 0.840 bits per heavy atom. The van der Waals surface area contributed by atoms with E-state index in [9.17, 15) is 9.90 Å². The van der Waals surface area contributed by atoms with Crippen molar-refractivity contribution in [2.24, 2.45) is 0 Å². The molecule has 2 heterocycles. The number of rotatable bonds is 4. The van der Waals surface area contributed by atoms with Crippen LogP contribution in [0, 0.1) is 0 Å². The van der Waals surface area contributed by atoms with Gasteiger partial charge in [-0.1, -0.05) is 66.7 Å². The van der Waals surface area contributed by atoms with Crippen LogP contribution < -0.4 is 0 Å². The van der Waals surface area contributed by atoms with Crippen LogP contribution in [0.1, 0.15) is 21.5 Å². The molecule has 0 bridgehead atoms. The summed E-state index contributed by atoms with van der Waals surface area (Å²) in [5, 5.41) is 9.89. The van der Waals surface area contributed by atoms with Gasteiger partial charge in [0.25, 0.3) is 0 Å². The first-order valence-electron chi connectivity index (χ1n) is 8.20. The molecule has 3 nitrogen and oxygen atoms in total. The van der Waals surface area contributed by atoms with Crippen LogP contribution >= 0.6 is 0 Å². The minimum atomic E-state index is -0.892. The van der Waals surface area contributed by atoms with E-state index in [1.54, 1.807) is 0 Å². The van der Waals surface area contributed by atoms with Crippen LogP contribution in [0.25, 0.3) is 16.8 Å². The summed E-state index contributed by atoms with van der Waals surface area (Å²) in [4.78, 5) is 12.1. The van der Waals surface area contributed by atoms with Crippen molar-refractivity contribution >= 4 is 11.5 Å². The fourth-order valence-corrected chi connectivity index (χ4v) is 3.38. The van der Waals surface area contributed by atoms with Gasteiger partial charge in [-0.05, 0) is 28.8 Å². The van der Waals surface area contributed by atoms with Gasteiger partial charge < -0.3 is 9.51 Å². The van der Waals surface area contributed by atoms with Crippen molar-refractivity contribution in [3.05, 3.63) is 102 Å². The number of benzene rings is 2. The Kier molecular flexibility index (Phi) is 3.82. The monoisotopic (exact) mass is 327 g/mol. The first kappa shape index (κ1) is 15.2. The molecule has 4 rings (SSSR count). The predicted molar refractivity (Wildman–Crippen MR) is 99.0 cm³/mol. The largest absolute Gasteiger partial charge is 0.478 e. The maximum atomic E-state index is 12.1. The van der Waals surface area contributed by atoms with E-state index >= 15 is 0 Å². The Balaban J connectivity index is 2.04. The molecule has 3 heteroatoms. The highest BCUT2D eigenvalue weighted by molar-refractivity contribution is 6.01. The SMILES string of the molecule is O=C(O)c1c(Cc2ccccc2)c(-c2ccccc2)n2ccccc12. The Morgan fingerprint density at radius 2 is 1.48 bits per heavy atom. The summed E-state index contributed by atoms with van der Waals surface area (Å²) < 4.78 is 1.98. The molecule has 0 saturated heterocycles. The van der Waals surface area contributed by atoms with E-state index in [2.05, 4.69) is 0 Å². The quantitative estimate of drug-likeness (QED) is 0.579. The summed E-state index contributed by atoms with van der Waals surface area (Å²) in [5.74, 6) is -0.892. The molecule has 0 atom stereocenters. The van der Waals surface area contributed by atoms with Crippen LogP contribution in [0.4, 0.5) is 0 Å². The summed E-state index contributed by atoms with van der Waals surface area (Å²) in [6, 6.07) is 25.6. The number of hydrogen-bond donors (Lipinski definition) is 1. The van der Waals surface area contributed by atoms with E-state index in [0.29, 0.717) is 12.0 Å². The minimum absolute atomic E-state index is 0.378. The molecule has 25 heavy (non-hydrogen) atoms. The lowest BCUT2D eigenvalue weighted by Crippen LogP contribution is -2.01. The first-order chi connectivity index (χ1) is 12.3. The van der Waals surface area contributed by atoms with Gasteiger partial charge >= 0.3 is 5.97 Å².